The van der Waals surface area contributed by atoms with Crippen LogP contribution in [0.4, 0.5) is 13.2 Å². The van der Waals surface area contributed by atoms with Crippen LogP contribution >= 0.6 is 0 Å². The van der Waals surface area contributed by atoms with Crippen molar-refractivity contribution < 1.29 is 32.2 Å². The first-order valence-corrected chi connectivity index (χ1v) is 11.5. The van der Waals surface area contributed by atoms with Gasteiger partial charge < -0.3 is 24.3 Å². The molecule has 4 rings (SSSR count). The molecule has 7 nitrogen and oxygen atoms in total. The summed E-state index contributed by atoms with van der Waals surface area (Å²) in [5, 5.41) is 2.95. The molecule has 0 saturated carbocycles. The fraction of sp³-hybridized carbons (Fsp3) is 0.500. The van der Waals surface area contributed by atoms with Crippen LogP contribution < -0.4 is 10.1 Å². The zero-order chi connectivity index (χ0) is 24.5. The highest BCUT2D eigenvalue weighted by Gasteiger charge is 2.33. The van der Waals surface area contributed by atoms with Gasteiger partial charge in [0.2, 0.25) is 0 Å². The molecule has 1 fully saturated rings. The molecule has 2 aliphatic heterocycles. The first-order valence-electron chi connectivity index (χ1n) is 11.5. The van der Waals surface area contributed by atoms with E-state index in [4.69, 9.17) is 4.74 Å². The molecule has 0 aliphatic carbocycles. The monoisotopic (exact) mass is 479 g/mol. The first-order chi connectivity index (χ1) is 16.2. The van der Waals surface area contributed by atoms with Gasteiger partial charge in [-0.3, -0.25) is 9.59 Å². The second-order valence-electron chi connectivity index (χ2n) is 8.64. The van der Waals surface area contributed by atoms with E-state index in [1.54, 1.807) is 6.07 Å². The highest BCUT2D eigenvalue weighted by Crippen LogP contribution is 2.28. The molecule has 184 valence electrons. The maximum absolute atomic E-state index is 13.3. The summed E-state index contributed by atoms with van der Waals surface area (Å²) < 4.78 is 48.6. The van der Waals surface area contributed by atoms with Crippen LogP contribution in [0.15, 0.2) is 30.3 Å². The van der Waals surface area contributed by atoms with Gasteiger partial charge in [-0.15, -0.1) is 13.2 Å². The molecule has 34 heavy (non-hydrogen) atoms. The van der Waals surface area contributed by atoms with Gasteiger partial charge in [-0.25, -0.2) is 0 Å². The van der Waals surface area contributed by atoms with Crippen molar-refractivity contribution in [2.24, 2.45) is 0 Å². The fourth-order valence-corrected chi connectivity index (χ4v) is 4.64. The SMILES string of the molecule is CC[C@@H](NC(=O)c1cc(C(=O)N2CCC[C@@H]2C)n2c1COCC2)c1ccc(OC(F)(F)F)cc1. The van der Waals surface area contributed by atoms with Crippen molar-refractivity contribution >= 4 is 11.8 Å². The lowest BCUT2D eigenvalue weighted by Crippen LogP contribution is -2.35. The number of amides is 2. The van der Waals surface area contributed by atoms with E-state index in [0.717, 1.165) is 12.8 Å². The number of fused-ring (bicyclic) bond motifs is 1. The van der Waals surface area contributed by atoms with E-state index in [9.17, 15) is 22.8 Å². The minimum absolute atomic E-state index is 0.0838. The fourth-order valence-electron chi connectivity index (χ4n) is 4.64. The second kappa shape index (κ2) is 9.69. The summed E-state index contributed by atoms with van der Waals surface area (Å²) in [6, 6.07) is 6.81. The summed E-state index contributed by atoms with van der Waals surface area (Å²) in [7, 11) is 0. The van der Waals surface area contributed by atoms with Crippen LogP contribution in [0.2, 0.25) is 0 Å². The number of nitrogens with zero attached hydrogens (tertiary/aromatic N) is 2. The van der Waals surface area contributed by atoms with Gasteiger partial charge in [0, 0.05) is 19.1 Å². The maximum atomic E-state index is 13.3. The predicted molar refractivity (Wildman–Crippen MR) is 117 cm³/mol. The molecule has 0 bridgehead atoms. The van der Waals surface area contributed by atoms with Crippen LogP contribution in [-0.4, -0.2) is 46.8 Å². The summed E-state index contributed by atoms with van der Waals surface area (Å²) >= 11 is 0. The lowest BCUT2D eigenvalue weighted by molar-refractivity contribution is -0.274. The average Bonchev–Trinajstić information content (AvgIpc) is 3.40. The van der Waals surface area contributed by atoms with Crippen LogP contribution in [0.5, 0.6) is 5.75 Å². The Morgan fingerprint density at radius 3 is 2.59 bits per heavy atom. The molecule has 10 heteroatoms. The summed E-state index contributed by atoms with van der Waals surface area (Å²) in [5.41, 5.74) is 2.17. The number of hydrogen-bond donors (Lipinski definition) is 1. The molecular weight excluding hydrogens is 451 g/mol. The normalized spacial score (nSPS) is 19.0. The molecule has 1 aromatic carbocycles. The molecule has 1 aromatic heterocycles. The molecule has 2 aliphatic rings. The number of aromatic nitrogens is 1. The van der Waals surface area contributed by atoms with Gasteiger partial charge >= 0.3 is 6.36 Å². The van der Waals surface area contributed by atoms with Gasteiger partial charge in [0.1, 0.15) is 11.4 Å². The molecule has 2 atom stereocenters. The molecule has 1 saturated heterocycles. The quantitative estimate of drug-likeness (QED) is 0.666. The van der Waals surface area contributed by atoms with Crippen LogP contribution in [0.25, 0.3) is 0 Å². The Balaban J connectivity index is 1.55. The zero-order valence-electron chi connectivity index (χ0n) is 19.2. The summed E-state index contributed by atoms with van der Waals surface area (Å²) in [5.74, 6) is -0.764. The number of hydrogen-bond acceptors (Lipinski definition) is 4. The molecule has 0 unspecified atom stereocenters. The smallest absolute Gasteiger partial charge is 0.406 e. The highest BCUT2D eigenvalue weighted by molar-refractivity contribution is 6.01. The van der Waals surface area contributed by atoms with E-state index in [2.05, 4.69) is 10.1 Å². The van der Waals surface area contributed by atoms with Crippen molar-refractivity contribution in [1.82, 2.24) is 14.8 Å². The van der Waals surface area contributed by atoms with Crippen molar-refractivity contribution in [2.75, 3.05) is 13.2 Å². The van der Waals surface area contributed by atoms with E-state index in [1.165, 1.54) is 24.3 Å². The van der Waals surface area contributed by atoms with Crippen LogP contribution in [-0.2, 0) is 17.9 Å². The van der Waals surface area contributed by atoms with Crippen LogP contribution in [0.3, 0.4) is 0 Å². The number of carbonyl (C=O) groups is 2. The Hall–Kier alpha value is -3.01. The van der Waals surface area contributed by atoms with E-state index in [-0.39, 0.29) is 30.2 Å². The van der Waals surface area contributed by atoms with Crippen molar-refractivity contribution in [3.63, 3.8) is 0 Å². The number of alkyl halides is 3. The van der Waals surface area contributed by atoms with Gasteiger partial charge in [0.15, 0.2) is 0 Å². The predicted octanol–water partition coefficient (Wildman–Crippen LogP) is 4.42. The minimum atomic E-state index is -4.77. The summed E-state index contributed by atoms with van der Waals surface area (Å²) in [6.45, 7) is 5.77. The van der Waals surface area contributed by atoms with Crippen molar-refractivity contribution in [2.45, 2.75) is 64.7 Å². The minimum Gasteiger partial charge on any atom is -0.406 e. The lowest BCUT2D eigenvalue weighted by Gasteiger charge is -2.24. The third-order valence-electron chi connectivity index (χ3n) is 6.41. The zero-order valence-corrected chi connectivity index (χ0v) is 19.2. The third-order valence-corrected chi connectivity index (χ3v) is 6.41. The van der Waals surface area contributed by atoms with Gasteiger partial charge in [-0.1, -0.05) is 19.1 Å². The first kappa shape index (κ1) is 24.1. The van der Waals surface area contributed by atoms with Crippen molar-refractivity contribution in [1.29, 1.82) is 0 Å². The summed E-state index contributed by atoms with van der Waals surface area (Å²) in [4.78, 5) is 28.3. The van der Waals surface area contributed by atoms with Crippen LogP contribution in [0, 0.1) is 0 Å². The van der Waals surface area contributed by atoms with E-state index < -0.39 is 12.4 Å². The molecule has 2 aromatic rings. The van der Waals surface area contributed by atoms with E-state index in [0.29, 0.717) is 48.6 Å². The Kier molecular flexibility index (Phi) is 6.88. The number of halogens is 3. The Morgan fingerprint density at radius 1 is 1.24 bits per heavy atom. The van der Waals surface area contributed by atoms with Gasteiger partial charge in [0.05, 0.1) is 30.5 Å². The number of nitrogens with one attached hydrogen (secondary N) is 1. The van der Waals surface area contributed by atoms with Crippen LogP contribution in [0.1, 0.15) is 71.3 Å². The Morgan fingerprint density at radius 2 is 1.97 bits per heavy atom. The van der Waals surface area contributed by atoms with Crippen molar-refractivity contribution in [3.8, 4) is 5.75 Å². The number of benzene rings is 1. The average molecular weight is 479 g/mol. The van der Waals surface area contributed by atoms with E-state index in [1.807, 2.05) is 23.3 Å². The maximum Gasteiger partial charge on any atom is 0.573 e. The largest absolute Gasteiger partial charge is 0.573 e. The molecule has 0 radical (unpaired) electrons. The number of rotatable bonds is 6. The second-order valence-corrected chi connectivity index (χ2v) is 8.64. The van der Waals surface area contributed by atoms with Gasteiger partial charge in [-0.2, -0.15) is 0 Å². The standard InChI is InChI=1S/C24H28F3N3O4/c1-3-19(16-6-8-17(9-7-16)34-24(25,26)27)28-22(31)18-13-20(30-11-12-33-14-21(18)30)23(32)29-10-4-5-15(29)2/h6-9,13,15,19H,3-5,10-12,14H2,1-2H3,(H,28,31)/t15-,19+/m0/s1. The molecule has 0 spiro atoms. The summed E-state index contributed by atoms with van der Waals surface area (Å²) in [6.07, 6.45) is -2.32. The topological polar surface area (TPSA) is 72.8 Å². The molecule has 3 heterocycles. The molecule has 1 N–H and O–H groups in total. The molecular formula is C24H28F3N3O4. The Labute approximate surface area is 195 Å². The molecule has 2 amide bonds. The third kappa shape index (κ3) is 5.06. The van der Waals surface area contributed by atoms with Gasteiger partial charge in [-0.05, 0) is 49.9 Å². The number of carbonyl (C=O) groups excluding carboxylic acids is 2. The van der Waals surface area contributed by atoms with E-state index >= 15 is 0 Å². The van der Waals surface area contributed by atoms with Gasteiger partial charge in [0.25, 0.3) is 11.8 Å². The Bertz CT molecular complexity index is 1050. The highest BCUT2D eigenvalue weighted by atomic mass is 19.4. The number of likely N-dealkylation sites (tertiary alicyclic amines) is 1. The lowest BCUT2D eigenvalue weighted by atomic mass is 10.0. The number of ether oxygens (including phenoxy) is 2. The van der Waals surface area contributed by atoms with Crippen molar-refractivity contribution in [3.05, 3.63) is 52.8 Å².